The Labute approximate surface area is 135 Å². The van der Waals surface area contributed by atoms with Crippen LogP contribution in [0.25, 0.3) is 0 Å². The molecule has 2 heterocycles. The zero-order valence-electron chi connectivity index (χ0n) is 12.5. The summed E-state index contributed by atoms with van der Waals surface area (Å²) in [6.07, 6.45) is 1.90. The van der Waals surface area contributed by atoms with Crippen LogP contribution in [0.15, 0.2) is 26.7 Å². The Morgan fingerprint density at radius 2 is 2.18 bits per heavy atom. The summed E-state index contributed by atoms with van der Waals surface area (Å²) in [6, 6.07) is 3.66. The molecule has 1 aliphatic heterocycles. The molecule has 1 saturated heterocycles. The summed E-state index contributed by atoms with van der Waals surface area (Å²) in [5.41, 5.74) is 0. The fraction of sp³-hybridized carbons (Fsp3) is 0.615. The van der Waals surface area contributed by atoms with Crippen molar-refractivity contribution in [3.05, 3.63) is 17.5 Å². The molecule has 0 aliphatic carbocycles. The van der Waals surface area contributed by atoms with E-state index in [-0.39, 0.29) is 0 Å². The van der Waals surface area contributed by atoms with Crippen LogP contribution in [0.4, 0.5) is 0 Å². The van der Waals surface area contributed by atoms with Crippen LogP contribution in [-0.4, -0.2) is 53.8 Å². The minimum Gasteiger partial charge on any atom is -0.381 e. The minimum atomic E-state index is -3.40. The number of hydrogen-bond donors (Lipinski definition) is 3. The van der Waals surface area contributed by atoms with Crippen LogP contribution < -0.4 is 15.4 Å². The van der Waals surface area contributed by atoms with Crippen molar-refractivity contribution >= 4 is 27.3 Å². The molecule has 3 N–H and O–H groups in total. The van der Waals surface area contributed by atoms with E-state index in [1.165, 1.54) is 11.3 Å². The number of nitrogens with one attached hydrogen (secondary N) is 3. The van der Waals surface area contributed by atoms with Crippen molar-refractivity contribution < 1.29 is 13.2 Å². The SMILES string of the molecule is CN=C(NCCNS(=O)(=O)c1cccs1)NC1CCOCC1. The van der Waals surface area contributed by atoms with Gasteiger partial charge in [0.1, 0.15) is 4.21 Å². The number of aliphatic imine (C=N–C) groups is 1. The van der Waals surface area contributed by atoms with E-state index >= 15 is 0 Å². The number of thiophene rings is 1. The molecule has 0 amide bonds. The predicted octanol–water partition coefficient (Wildman–Crippen LogP) is 0.370. The van der Waals surface area contributed by atoms with Gasteiger partial charge < -0.3 is 15.4 Å². The average molecular weight is 346 g/mol. The number of ether oxygens (including phenoxy) is 1. The molecule has 124 valence electrons. The number of nitrogens with zero attached hydrogens (tertiary/aromatic N) is 1. The van der Waals surface area contributed by atoms with E-state index in [1.54, 1.807) is 24.6 Å². The lowest BCUT2D eigenvalue weighted by atomic mass is 10.1. The smallest absolute Gasteiger partial charge is 0.250 e. The van der Waals surface area contributed by atoms with Gasteiger partial charge in [0.25, 0.3) is 0 Å². The van der Waals surface area contributed by atoms with Gasteiger partial charge in [0.15, 0.2) is 5.96 Å². The molecule has 1 fully saturated rings. The molecule has 2 rings (SSSR count). The highest BCUT2D eigenvalue weighted by atomic mass is 32.2. The zero-order chi connectivity index (χ0) is 15.8. The van der Waals surface area contributed by atoms with Crippen LogP contribution in [-0.2, 0) is 14.8 Å². The Morgan fingerprint density at radius 3 is 2.82 bits per heavy atom. The van der Waals surface area contributed by atoms with Crippen molar-refractivity contribution in [2.75, 3.05) is 33.4 Å². The minimum absolute atomic E-state index is 0.300. The molecular formula is C13H22N4O3S2. The third-order valence-electron chi connectivity index (χ3n) is 3.26. The van der Waals surface area contributed by atoms with Gasteiger partial charge in [-0.25, -0.2) is 13.1 Å². The van der Waals surface area contributed by atoms with Gasteiger partial charge in [-0.15, -0.1) is 11.3 Å². The molecule has 0 bridgehead atoms. The summed E-state index contributed by atoms with van der Waals surface area (Å²) in [5.74, 6) is 0.683. The first-order chi connectivity index (χ1) is 10.6. The molecule has 7 nitrogen and oxygen atoms in total. The highest BCUT2D eigenvalue weighted by Crippen LogP contribution is 2.14. The Morgan fingerprint density at radius 1 is 1.41 bits per heavy atom. The van der Waals surface area contributed by atoms with E-state index in [1.807, 2.05) is 0 Å². The van der Waals surface area contributed by atoms with Gasteiger partial charge in [0.05, 0.1) is 0 Å². The quantitative estimate of drug-likeness (QED) is 0.393. The molecule has 1 aromatic rings. The molecular weight excluding hydrogens is 324 g/mol. The molecule has 1 aromatic heterocycles. The summed E-state index contributed by atoms with van der Waals surface area (Å²) >= 11 is 1.20. The number of hydrogen-bond acceptors (Lipinski definition) is 5. The monoisotopic (exact) mass is 346 g/mol. The maximum atomic E-state index is 11.9. The number of rotatable bonds is 6. The van der Waals surface area contributed by atoms with Crippen LogP contribution in [0.1, 0.15) is 12.8 Å². The van der Waals surface area contributed by atoms with Crippen molar-refractivity contribution in [3.63, 3.8) is 0 Å². The number of sulfonamides is 1. The molecule has 1 aliphatic rings. The third kappa shape index (κ3) is 5.24. The van der Waals surface area contributed by atoms with Gasteiger partial charge in [0, 0.05) is 39.4 Å². The maximum Gasteiger partial charge on any atom is 0.250 e. The van der Waals surface area contributed by atoms with Crippen molar-refractivity contribution in [2.45, 2.75) is 23.1 Å². The Hall–Kier alpha value is -1.16. The predicted molar refractivity (Wildman–Crippen MR) is 87.8 cm³/mol. The zero-order valence-corrected chi connectivity index (χ0v) is 14.2. The lowest BCUT2D eigenvalue weighted by Crippen LogP contribution is -2.47. The summed E-state index contributed by atoms with van der Waals surface area (Å²) in [4.78, 5) is 4.14. The molecule has 0 aromatic carbocycles. The van der Waals surface area contributed by atoms with Crippen LogP contribution in [0.5, 0.6) is 0 Å². The van der Waals surface area contributed by atoms with Gasteiger partial charge in [-0.3, -0.25) is 4.99 Å². The molecule has 0 unspecified atom stereocenters. The average Bonchev–Trinajstić information content (AvgIpc) is 3.06. The second-order valence-corrected chi connectivity index (χ2v) is 7.80. The maximum absolute atomic E-state index is 11.9. The molecule has 22 heavy (non-hydrogen) atoms. The second-order valence-electron chi connectivity index (χ2n) is 4.86. The fourth-order valence-electron chi connectivity index (χ4n) is 2.08. The highest BCUT2D eigenvalue weighted by molar-refractivity contribution is 7.91. The first-order valence-corrected chi connectivity index (χ1v) is 9.56. The van der Waals surface area contributed by atoms with Crippen LogP contribution in [0.2, 0.25) is 0 Å². The van der Waals surface area contributed by atoms with Crippen LogP contribution in [0.3, 0.4) is 0 Å². The first kappa shape index (κ1) is 17.2. The van der Waals surface area contributed by atoms with E-state index < -0.39 is 10.0 Å². The van der Waals surface area contributed by atoms with Crippen LogP contribution in [0, 0.1) is 0 Å². The lowest BCUT2D eigenvalue weighted by Gasteiger charge is -2.25. The Bertz CT molecular complexity index is 566. The van der Waals surface area contributed by atoms with E-state index in [0.717, 1.165) is 26.1 Å². The molecule has 0 saturated carbocycles. The van der Waals surface area contributed by atoms with E-state index in [0.29, 0.717) is 29.3 Å². The van der Waals surface area contributed by atoms with Crippen molar-refractivity contribution in [1.29, 1.82) is 0 Å². The molecule has 9 heteroatoms. The summed E-state index contributed by atoms with van der Waals surface area (Å²) in [5, 5.41) is 8.17. The molecule has 0 atom stereocenters. The van der Waals surface area contributed by atoms with Crippen molar-refractivity contribution in [2.24, 2.45) is 4.99 Å². The topological polar surface area (TPSA) is 91.8 Å². The first-order valence-electron chi connectivity index (χ1n) is 7.20. The summed E-state index contributed by atoms with van der Waals surface area (Å²) in [6.45, 7) is 2.28. The Balaban J connectivity index is 1.70. The summed E-state index contributed by atoms with van der Waals surface area (Å²) in [7, 11) is -1.70. The van der Waals surface area contributed by atoms with Gasteiger partial charge >= 0.3 is 0 Å². The van der Waals surface area contributed by atoms with Crippen molar-refractivity contribution in [1.82, 2.24) is 15.4 Å². The Kier molecular flexibility index (Phi) is 6.62. The van der Waals surface area contributed by atoms with Gasteiger partial charge in [-0.1, -0.05) is 6.07 Å². The van der Waals surface area contributed by atoms with Gasteiger partial charge in [-0.2, -0.15) is 0 Å². The fourth-order valence-corrected chi connectivity index (χ4v) is 4.15. The van der Waals surface area contributed by atoms with E-state index in [4.69, 9.17) is 4.74 Å². The largest absolute Gasteiger partial charge is 0.381 e. The number of guanidine groups is 1. The highest BCUT2D eigenvalue weighted by Gasteiger charge is 2.16. The molecule has 0 radical (unpaired) electrons. The van der Waals surface area contributed by atoms with Gasteiger partial charge in [-0.05, 0) is 24.3 Å². The van der Waals surface area contributed by atoms with Crippen molar-refractivity contribution in [3.8, 4) is 0 Å². The van der Waals surface area contributed by atoms with Crippen LogP contribution >= 0.6 is 11.3 Å². The standard InChI is InChI=1S/C13H22N4O3S2/c1-14-13(17-11-4-8-20-9-5-11)15-6-7-16-22(18,19)12-3-2-10-21-12/h2-3,10-11,16H,4-9H2,1H3,(H2,14,15,17). The second kappa shape index (κ2) is 8.47. The third-order valence-corrected chi connectivity index (χ3v) is 6.11. The lowest BCUT2D eigenvalue weighted by molar-refractivity contribution is 0.0822. The van der Waals surface area contributed by atoms with E-state index in [9.17, 15) is 8.42 Å². The normalized spacial score (nSPS) is 17.4. The van der Waals surface area contributed by atoms with E-state index in [2.05, 4.69) is 20.3 Å². The molecule has 0 spiro atoms. The van der Waals surface area contributed by atoms with Gasteiger partial charge in [0.2, 0.25) is 10.0 Å². The summed E-state index contributed by atoms with van der Waals surface area (Å²) < 4.78 is 32.1.